The summed E-state index contributed by atoms with van der Waals surface area (Å²) in [5.74, 6) is -0.512. The molecule has 16 heavy (non-hydrogen) atoms. The van der Waals surface area contributed by atoms with Crippen LogP contribution in [0.25, 0.3) is 0 Å². The number of hydrogen-bond acceptors (Lipinski definition) is 3. The van der Waals surface area contributed by atoms with Crippen LogP contribution in [-0.2, 0) is 10.3 Å². The number of nitrogens with zero attached hydrogens (tertiary/aromatic N) is 1. The van der Waals surface area contributed by atoms with Crippen LogP contribution in [0.5, 0.6) is 0 Å². The molecule has 0 spiro atoms. The lowest BCUT2D eigenvalue weighted by Gasteiger charge is -2.36. The van der Waals surface area contributed by atoms with E-state index in [4.69, 9.17) is 4.74 Å². The van der Waals surface area contributed by atoms with Gasteiger partial charge in [0.05, 0.1) is 17.8 Å². The Balaban J connectivity index is 1.90. The van der Waals surface area contributed by atoms with Gasteiger partial charge in [-0.25, -0.2) is 4.98 Å². The van der Waals surface area contributed by atoms with E-state index in [0.29, 0.717) is 18.4 Å². The van der Waals surface area contributed by atoms with Gasteiger partial charge in [-0.3, -0.25) is 0 Å². The van der Waals surface area contributed by atoms with Gasteiger partial charge in [-0.1, -0.05) is 6.07 Å². The maximum absolute atomic E-state index is 12.7. The first-order chi connectivity index (χ1) is 7.66. The Kier molecular flexibility index (Phi) is 2.23. The Morgan fingerprint density at radius 3 is 2.56 bits per heavy atom. The van der Waals surface area contributed by atoms with Gasteiger partial charge in [0.15, 0.2) is 0 Å². The predicted molar refractivity (Wildman–Crippen MR) is 55.2 cm³/mol. The van der Waals surface area contributed by atoms with E-state index in [-0.39, 0.29) is 12.2 Å². The fraction of sp³-hybridized carbons (Fsp3) is 0.583. The van der Waals surface area contributed by atoms with E-state index in [2.05, 4.69) is 4.98 Å². The lowest BCUT2D eigenvalue weighted by molar-refractivity contribution is -0.115. The van der Waals surface area contributed by atoms with Crippen molar-refractivity contribution in [1.29, 1.82) is 0 Å². The first kappa shape index (κ1) is 10.2. The second-order valence-corrected chi connectivity index (χ2v) is 4.77. The lowest BCUT2D eigenvalue weighted by atomic mass is 9.84. The van der Waals surface area contributed by atoms with Crippen LogP contribution in [-0.4, -0.2) is 22.3 Å². The number of rotatable bonds is 1. The average Bonchev–Trinajstić information content (AvgIpc) is 2.59. The Morgan fingerprint density at radius 2 is 2.00 bits per heavy atom. The third kappa shape index (κ3) is 1.62. The zero-order chi connectivity index (χ0) is 11.2. The molecule has 2 fully saturated rings. The normalized spacial score (nSPS) is 37.6. The number of aromatic nitrogens is 1. The van der Waals surface area contributed by atoms with Crippen molar-refractivity contribution in [2.75, 3.05) is 0 Å². The SMILES string of the molecule is OC1(c2ccc(F)nc2)CC2CCC(C1)O2. The van der Waals surface area contributed by atoms with Crippen molar-refractivity contribution in [1.82, 2.24) is 4.98 Å². The van der Waals surface area contributed by atoms with Gasteiger partial charge in [0.25, 0.3) is 0 Å². The van der Waals surface area contributed by atoms with Gasteiger partial charge in [-0.05, 0) is 18.9 Å². The van der Waals surface area contributed by atoms with E-state index in [1.54, 1.807) is 6.07 Å². The second-order valence-electron chi connectivity index (χ2n) is 4.77. The maximum Gasteiger partial charge on any atom is 0.212 e. The standard InChI is InChI=1S/C12H14FNO2/c13-11-4-1-8(7-14-11)12(15)5-9-2-3-10(6-12)16-9/h1,4,7,9-10,15H,2-3,5-6H2. The summed E-state index contributed by atoms with van der Waals surface area (Å²) in [5.41, 5.74) is -0.181. The molecule has 2 saturated heterocycles. The molecule has 3 nitrogen and oxygen atoms in total. The first-order valence-electron chi connectivity index (χ1n) is 5.66. The molecule has 86 valence electrons. The molecule has 3 heterocycles. The number of halogens is 1. The highest BCUT2D eigenvalue weighted by Crippen LogP contribution is 2.43. The Morgan fingerprint density at radius 1 is 1.31 bits per heavy atom. The Hall–Kier alpha value is -1.00. The summed E-state index contributed by atoms with van der Waals surface area (Å²) in [4.78, 5) is 3.60. The van der Waals surface area contributed by atoms with Crippen LogP contribution in [0.1, 0.15) is 31.2 Å². The molecular weight excluding hydrogens is 209 g/mol. The van der Waals surface area contributed by atoms with Gasteiger partial charge in [-0.15, -0.1) is 0 Å². The van der Waals surface area contributed by atoms with Gasteiger partial charge in [0.1, 0.15) is 0 Å². The highest BCUT2D eigenvalue weighted by molar-refractivity contribution is 5.20. The minimum absolute atomic E-state index is 0.147. The molecule has 2 bridgehead atoms. The summed E-state index contributed by atoms with van der Waals surface area (Å²) >= 11 is 0. The van der Waals surface area contributed by atoms with Crippen molar-refractivity contribution >= 4 is 0 Å². The minimum atomic E-state index is -0.884. The van der Waals surface area contributed by atoms with Crippen LogP contribution in [0.15, 0.2) is 18.3 Å². The van der Waals surface area contributed by atoms with E-state index in [1.165, 1.54) is 12.3 Å². The molecule has 4 heteroatoms. The van der Waals surface area contributed by atoms with E-state index in [0.717, 1.165) is 12.8 Å². The fourth-order valence-corrected chi connectivity index (χ4v) is 2.80. The van der Waals surface area contributed by atoms with E-state index in [1.807, 2.05) is 0 Å². The fourth-order valence-electron chi connectivity index (χ4n) is 2.80. The van der Waals surface area contributed by atoms with Gasteiger partial charge >= 0.3 is 0 Å². The number of hydrogen-bond donors (Lipinski definition) is 1. The molecule has 1 N–H and O–H groups in total. The highest BCUT2D eigenvalue weighted by Gasteiger charge is 2.44. The molecule has 2 atom stereocenters. The summed E-state index contributed by atoms with van der Waals surface area (Å²) in [6.07, 6.45) is 4.94. The molecule has 1 aromatic heterocycles. The molecular formula is C12H14FNO2. The molecule has 2 aliphatic rings. The largest absolute Gasteiger partial charge is 0.385 e. The van der Waals surface area contributed by atoms with Crippen LogP contribution < -0.4 is 0 Å². The zero-order valence-electron chi connectivity index (χ0n) is 8.90. The quantitative estimate of drug-likeness (QED) is 0.737. The predicted octanol–water partition coefficient (Wildman–Crippen LogP) is 1.75. The van der Waals surface area contributed by atoms with Crippen molar-refractivity contribution < 1.29 is 14.2 Å². The van der Waals surface area contributed by atoms with E-state index < -0.39 is 11.5 Å². The van der Waals surface area contributed by atoms with Gasteiger partial charge in [-0.2, -0.15) is 4.39 Å². The summed E-state index contributed by atoms with van der Waals surface area (Å²) in [5, 5.41) is 10.6. The Bertz CT molecular complexity index is 381. The molecule has 0 aliphatic carbocycles. The third-order valence-electron chi connectivity index (χ3n) is 3.59. The maximum atomic E-state index is 12.7. The molecule has 0 amide bonds. The van der Waals surface area contributed by atoms with Crippen LogP contribution in [0.2, 0.25) is 0 Å². The highest BCUT2D eigenvalue weighted by atomic mass is 19.1. The molecule has 0 saturated carbocycles. The summed E-state index contributed by atoms with van der Waals surface area (Å²) in [7, 11) is 0. The smallest absolute Gasteiger partial charge is 0.212 e. The lowest BCUT2D eigenvalue weighted by Crippen LogP contribution is -2.38. The van der Waals surface area contributed by atoms with Crippen molar-refractivity contribution in [3.8, 4) is 0 Å². The first-order valence-corrected chi connectivity index (χ1v) is 5.66. The van der Waals surface area contributed by atoms with Crippen molar-refractivity contribution in [2.24, 2.45) is 0 Å². The van der Waals surface area contributed by atoms with Crippen LogP contribution >= 0.6 is 0 Å². The monoisotopic (exact) mass is 223 g/mol. The van der Waals surface area contributed by atoms with Crippen molar-refractivity contribution in [3.05, 3.63) is 29.8 Å². The van der Waals surface area contributed by atoms with Gasteiger partial charge in [0.2, 0.25) is 5.95 Å². The molecule has 1 aromatic rings. The van der Waals surface area contributed by atoms with Crippen molar-refractivity contribution in [2.45, 2.75) is 43.5 Å². The van der Waals surface area contributed by atoms with Crippen LogP contribution in [0, 0.1) is 5.95 Å². The topological polar surface area (TPSA) is 42.4 Å². The summed E-state index contributed by atoms with van der Waals surface area (Å²) in [6, 6.07) is 2.91. The third-order valence-corrected chi connectivity index (χ3v) is 3.59. The summed E-state index contributed by atoms with van der Waals surface area (Å²) in [6.45, 7) is 0. The van der Waals surface area contributed by atoms with Gasteiger partial charge < -0.3 is 9.84 Å². The zero-order valence-corrected chi connectivity index (χ0v) is 8.90. The number of ether oxygens (including phenoxy) is 1. The summed E-state index contributed by atoms with van der Waals surface area (Å²) < 4.78 is 18.4. The second kappa shape index (κ2) is 3.50. The average molecular weight is 223 g/mol. The molecule has 0 radical (unpaired) electrons. The minimum Gasteiger partial charge on any atom is -0.385 e. The molecule has 2 unspecified atom stereocenters. The number of fused-ring (bicyclic) bond motifs is 2. The van der Waals surface area contributed by atoms with Crippen LogP contribution in [0.4, 0.5) is 4.39 Å². The number of aliphatic hydroxyl groups is 1. The van der Waals surface area contributed by atoms with Crippen LogP contribution in [0.3, 0.4) is 0 Å². The van der Waals surface area contributed by atoms with E-state index in [9.17, 15) is 9.50 Å². The van der Waals surface area contributed by atoms with Crippen molar-refractivity contribution in [3.63, 3.8) is 0 Å². The van der Waals surface area contributed by atoms with Gasteiger partial charge in [0, 0.05) is 24.6 Å². The Labute approximate surface area is 93.3 Å². The number of pyridine rings is 1. The molecule has 3 rings (SSSR count). The van der Waals surface area contributed by atoms with E-state index >= 15 is 0 Å². The molecule has 2 aliphatic heterocycles. The molecule has 0 aromatic carbocycles.